The first-order valence-electron chi connectivity index (χ1n) is 9.19. The van der Waals surface area contributed by atoms with Crippen LogP contribution in [0.15, 0.2) is 18.2 Å². The van der Waals surface area contributed by atoms with Crippen molar-refractivity contribution < 1.29 is 14.3 Å². The summed E-state index contributed by atoms with van der Waals surface area (Å²) >= 11 is 0. The minimum absolute atomic E-state index is 0.0264. The van der Waals surface area contributed by atoms with Crippen molar-refractivity contribution in [2.24, 2.45) is 11.8 Å². The third-order valence-electron chi connectivity index (χ3n) is 4.41. The first-order chi connectivity index (χ1) is 11.8. The summed E-state index contributed by atoms with van der Waals surface area (Å²) in [5.74, 6) is 1.35. The molecule has 1 unspecified atom stereocenters. The van der Waals surface area contributed by atoms with Crippen molar-refractivity contribution in [2.75, 3.05) is 18.4 Å². The molecule has 1 heterocycles. The molecule has 0 spiro atoms. The van der Waals surface area contributed by atoms with Crippen LogP contribution in [0.5, 0.6) is 5.75 Å². The molecule has 1 aromatic carbocycles. The second-order valence-corrected chi connectivity index (χ2v) is 7.59. The van der Waals surface area contributed by atoms with Crippen molar-refractivity contribution in [1.82, 2.24) is 4.90 Å². The average molecular weight is 346 g/mol. The Bertz CT molecular complexity index is 613. The minimum atomic E-state index is -0.596. The molecule has 2 amide bonds. The molecule has 5 nitrogen and oxygen atoms in total. The maximum atomic E-state index is 13.2. The molecule has 0 radical (unpaired) electrons. The van der Waals surface area contributed by atoms with E-state index in [0.717, 1.165) is 25.9 Å². The maximum absolute atomic E-state index is 13.2. The molecule has 0 fully saturated rings. The predicted molar refractivity (Wildman–Crippen MR) is 100.0 cm³/mol. The number of benzene rings is 1. The first kappa shape index (κ1) is 19.3. The summed E-state index contributed by atoms with van der Waals surface area (Å²) in [5, 5.41) is 2.81. The van der Waals surface area contributed by atoms with Crippen LogP contribution in [0.25, 0.3) is 0 Å². The zero-order valence-electron chi connectivity index (χ0n) is 16.0. The normalized spacial score (nSPS) is 16.4. The van der Waals surface area contributed by atoms with Gasteiger partial charge in [-0.3, -0.25) is 9.59 Å². The van der Waals surface area contributed by atoms with Crippen LogP contribution in [0.4, 0.5) is 5.69 Å². The van der Waals surface area contributed by atoms with E-state index in [1.807, 2.05) is 4.90 Å². The van der Waals surface area contributed by atoms with Gasteiger partial charge in [-0.1, -0.05) is 33.8 Å². The zero-order valence-corrected chi connectivity index (χ0v) is 16.0. The van der Waals surface area contributed by atoms with Crippen LogP contribution in [-0.2, 0) is 4.79 Å². The van der Waals surface area contributed by atoms with Gasteiger partial charge in [-0.25, -0.2) is 0 Å². The molecule has 5 heteroatoms. The molecular weight excluding hydrogens is 316 g/mol. The summed E-state index contributed by atoms with van der Waals surface area (Å²) in [6.45, 7) is 11.8. The maximum Gasteiger partial charge on any atom is 0.265 e. The van der Waals surface area contributed by atoms with E-state index in [0.29, 0.717) is 28.8 Å². The fourth-order valence-electron chi connectivity index (χ4n) is 2.71. The summed E-state index contributed by atoms with van der Waals surface area (Å²) in [6, 6.07) is 5.33. The smallest absolute Gasteiger partial charge is 0.265 e. The Kier molecular flexibility index (Phi) is 6.45. The van der Waals surface area contributed by atoms with Gasteiger partial charge in [0.15, 0.2) is 11.9 Å². The van der Waals surface area contributed by atoms with E-state index in [4.69, 9.17) is 4.74 Å². The lowest BCUT2D eigenvalue weighted by atomic mass is 10.1. The zero-order chi connectivity index (χ0) is 18.6. The molecule has 1 aliphatic heterocycles. The number of nitrogens with one attached hydrogen (secondary N) is 1. The lowest BCUT2D eigenvalue weighted by molar-refractivity contribution is -0.122. The van der Waals surface area contributed by atoms with E-state index < -0.39 is 6.10 Å². The molecule has 0 saturated heterocycles. The lowest BCUT2D eigenvalue weighted by Gasteiger charge is -2.28. The topological polar surface area (TPSA) is 58.6 Å². The molecule has 1 atom stereocenters. The predicted octanol–water partition coefficient (Wildman–Crippen LogP) is 3.94. The Morgan fingerprint density at radius 3 is 2.32 bits per heavy atom. The van der Waals surface area contributed by atoms with Crippen LogP contribution in [0.2, 0.25) is 0 Å². The molecule has 1 aromatic rings. The van der Waals surface area contributed by atoms with Crippen molar-refractivity contribution >= 4 is 17.5 Å². The van der Waals surface area contributed by atoms with Gasteiger partial charge in [-0.05, 0) is 43.7 Å². The quantitative estimate of drug-likeness (QED) is 0.813. The Labute approximate surface area is 150 Å². The summed E-state index contributed by atoms with van der Waals surface area (Å²) in [5.41, 5.74) is 1.10. The van der Waals surface area contributed by atoms with Crippen LogP contribution < -0.4 is 10.1 Å². The lowest BCUT2D eigenvalue weighted by Crippen LogP contribution is -2.38. The number of anilines is 1. The number of rotatable bonds is 7. The standard InChI is InChI=1S/C20H30N2O3/c1-13(2)9-11-22(12-10-14(3)4)20(24)16-7-6-8-17-18(16)25-15(5)19(23)21-17/h6-8,13-15H,9-12H2,1-5H3,(H,21,23). The van der Waals surface area contributed by atoms with Gasteiger partial charge in [0, 0.05) is 13.1 Å². The molecule has 0 bridgehead atoms. The number of carbonyl (C=O) groups is 2. The SMILES string of the molecule is CC(C)CCN(CCC(C)C)C(=O)c1cccc2c1OC(C)C(=O)N2. The number of hydrogen-bond donors (Lipinski definition) is 1. The van der Waals surface area contributed by atoms with Crippen LogP contribution in [0.3, 0.4) is 0 Å². The highest BCUT2D eigenvalue weighted by Crippen LogP contribution is 2.34. The summed E-state index contributed by atoms with van der Waals surface area (Å²) < 4.78 is 5.74. The fourth-order valence-corrected chi connectivity index (χ4v) is 2.71. The summed E-state index contributed by atoms with van der Waals surface area (Å²) in [6.07, 6.45) is 1.33. The third kappa shape index (κ3) is 4.97. The van der Waals surface area contributed by atoms with Gasteiger partial charge < -0.3 is 15.0 Å². The van der Waals surface area contributed by atoms with Gasteiger partial charge in [-0.15, -0.1) is 0 Å². The van der Waals surface area contributed by atoms with Crippen LogP contribution in [0.1, 0.15) is 57.8 Å². The molecule has 138 valence electrons. The third-order valence-corrected chi connectivity index (χ3v) is 4.41. The molecule has 25 heavy (non-hydrogen) atoms. The Hall–Kier alpha value is -2.04. The fraction of sp³-hybridized carbons (Fsp3) is 0.600. The van der Waals surface area contributed by atoms with Crippen molar-refractivity contribution in [2.45, 2.75) is 53.6 Å². The highest BCUT2D eigenvalue weighted by molar-refractivity contribution is 6.04. The van der Waals surface area contributed by atoms with Crippen molar-refractivity contribution in [3.05, 3.63) is 23.8 Å². The molecule has 0 aliphatic carbocycles. The van der Waals surface area contributed by atoms with E-state index in [2.05, 4.69) is 33.0 Å². The van der Waals surface area contributed by atoms with E-state index >= 15 is 0 Å². The van der Waals surface area contributed by atoms with Gasteiger partial charge in [-0.2, -0.15) is 0 Å². The van der Waals surface area contributed by atoms with Gasteiger partial charge in [0.25, 0.3) is 11.8 Å². The Morgan fingerprint density at radius 1 is 1.16 bits per heavy atom. The largest absolute Gasteiger partial charge is 0.478 e. The molecule has 0 saturated carbocycles. The van der Waals surface area contributed by atoms with Crippen molar-refractivity contribution in [1.29, 1.82) is 0 Å². The van der Waals surface area contributed by atoms with Crippen LogP contribution >= 0.6 is 0 Å². The number of carbonyl (C=O) groups excluding carboxylic acids is 2. The number of para-hydroxylation sites is 1. The highest BCUT2D eigenvalue weighted by Gasteiger charge is 2.29. The number of nitrogens with zero attached hydrogens (tertiary/aromatic N) is 1. The van der Waals surface area contributed by atoms with E-state index in [9.17, 15) is 9.59 Å². The summed E-state index contributed by atoms with van der Waals surface area (Å²) in [4.78, 5) is 26.9. The van der Waals surface area contributed by atoms with E-state index in [1.165, 1.54) is 0 Å². The van der Waals surface area contributed by atoms with Gasteiger partial charge in [0.1, 0.15) is 0 Å². The molecule has 2 rings (SSSR count). The average Bonchev–Trinajstić information content (AvgIpc) is 2.54. The minimum Gasteiger partial charge on any atom is -0.478 e. The number of ether oxygens (including phenoxy) is 1. The highest BCUT2D eigenvalue weighted by atomic mass is 16.5. The molecular formula is C20H30N2O3. The van der Waals surface area contributed by atoms with Gasteiger partial charge in [0.05, 0.1) is 11.3 Å². The second kappa shape index (κ2) is 8.37. The number of fused-ring (bicyclic) bond motifs is 1. The van der Waals surface area contributed by atoms with Crippen molar-refractivity contribution in [3.63, 3.8) is 0 Å². The number of amides is 2. The second-order valence-electron chi connectivity index (χ2n) is 7.59. The molecule has 1 N–H and O–H groups in total. The van der Waals surface area contributed by atoms with Gasteiger partial charge in [0.2, 0.25) is 0 Å². The number of hydrogen-bond acceptors (Lipinski definition) is 3. The molecule has 0 aromatic heterocycles. The van der Waals surface area contributed by atoms with Crippen LogP contribution in [0, 0.1) is 11.8 Å². The monoisotopic (exact) mass is 346 g/mol. The van der Waals surface area contributed by atoms with Crippen LogP contribution in [-0.4, -0.2) is 35.9 Å². The first-order valence-corrected chi connectivity index (χ1v) is 9.19. The van der Waals surface area contributed by atoms with E-state index in [-0.39, 0.29) is 11.8 Å². The molecule has 1 aliphatic rings. The van der Waals surface area contributed by atoms with E-state index in [1.54, 1.807) is 25.1 Å². The van der Waals surface area contributed by atoms with Gasteiger partial charge >= 0.3 is 0 Å². The Morgan fingerprint density at radius 2 is 1.76 bits per heavy atom. The van der Waals surface area contributed by atoms with Crippen molar-refractivity contribution in [3.8, 4) is 5.75 Å². The Balaban J connectivity index is 2.26. The summed E-state index contributed by atoms with van der Waals surface area (Å²) in [7, 11) is 0.